The van der Waals surface area contributed by atoms with Crippen molar-refractivity contribution >= 4 is 38.4 Å². The molecule has 0 unspecified atom stereocenters. The molecule has 0 amide bonds. The van der Waals surface area contributed by atoms with Gasteiger partial charge in [0.2, 0.25) is 0 Å². The van der Waals surface area contributed by atoms with Crippen molar-refractivity contribution in [1.29, 1.82) is 0 Å². The van der Waals surface area contributed by atoms with Gasteiger partial charge in [-0.3, -0.25) is 0 Å². The second kappa shape index (κ2) is 7.41. The van der Waals surface area contributed by atoms with E-state index in [1.165, 1.54) is 0 Å². The molecule has 0 saturated carbocycles. The third kappa shape index (κ3) is 3.82. The Hall–Kier alpha value is -1.78. The van der Waals surface area contributed by atoms with E-state index in [2.05, 4.69) is 20.9 Å². The lowest BCUT2D eigenvalue weighted by Crippen LogP contribution is -2.10. The first-order chi connectivity index (χ1) is 11.5. The van der Waals surface area contributed by atoms with E-state index in [1.54, 1.807) is 0 Å². The smallest absolute Gasteiger partial charge is 0.152 e. The van der Waals surface area contributed by atoms with Crippen molar-refractivity contribution in [1.82, 2.24) is 4.98 Å². The van der Waals surface area contributed by atoms with E-state index in [4.69, 9.17) is 21.1 Å². The van der Waals surface area contributed by atoms with E-state index in [9.17, 15) is 0 Å². The van der Waals surface area contributed by atoms with Gasteiger partial charge in [-0.15, -0.1) is 0 Å². The number of fused-ring (bicyclic) bond motifs is 1. The molecule has 0 atom stereocenters. The third-order valence-corrected chi connectivity index (χ3v) is 4.42. The topological polar surface area (TPSA) is 31.4 Å². The van der Waals surface area contributed by atoms with Crippen LogP contribution in [0.25, 0.3) is 10.9 Å². The number of aryl methyl sites for hydroxylation is 2. The predicted molar refractivity (Wildman–Crippen MR) is 101 cm³/mol. The van der Waals surface area contributed by atoms with Crippen LogP contribution in [0.3, 0.4) is 0 Å². The van der Waals surface area contributed by atoms with Gasteiger partial charge >= 0.3 is 0 Å². The van der Waals surface area contributed by atoms with Crippen LogP contribution < -0.4 is 9.47 Å². The van der Waals surface area contributed by atoms with Crippen molar-refractivity contribution in [3.05, 3.63) is 63.2 Å². The van der Waals surface area contributed by atoms with Crippen molar-refractivity contribution in [2.24, 2.45) is 0 Å². The van der Waals surface area contributed by atoms with Gasteiger partial charge in [-0.25, -0.2) is 4.98 Å². The average Bonchev–Trinajstić information content (AvgIpc) is 2.53. The number of nitrogens with zero attached hydrogens (tertiary/aromatic N) is 1. The van der Waals surface area contributed by atoms with E-state index >= 15 is 0 Å². The Morgan fingerprint density at radius 1 is 1.04 bits per heavy atom. The quantitative estimate of drug-likeness (QED) is 0.507. The predicted octanol–water partition coefficient (Wildman–Crippen LogP) is 5.73. The van der Waals surface area contributed by atoms with Gasteiger partial charge in [0.1, 0.15) is 24.5 Å². The molecule has 1 heterocycles. The highest BCUT2D eigenvalue weighted by atomic mass is 79.9. The van der Waals surface area contributed by atoms with E-state index in [0.717, 1.165) is 32.4 Å². The maximum Gasteiger partial charge on any atom is 0.152 e. The van der Waals surface area contributed by atoms with E-state index in [0.29, 0.717) is 24.0 Å². The van der Waals surface area contributed by atoms with Gasteiger partial charge in [-0.2, -0.15) is 0 Å². The molecule has 0 aliphatic carbocycles. The van der Waals surface area contributed by atoms with Gasteiger partial charge in [0.15, 0.2) is 5.75 Å². The van der Waals surface area contributed by atoms with Crippen LogP contribution in [-0.2, 0) is 0 Å². The summed E-state index contributed by atoms with van der Waals surface area (Å²) in [5.74, 6) is 1.40. The molecule has 0 N–H and O–H groups in total. The van der Waals surface area contributed by atoms with E-state index in [-0.39, 0.29) is 0 Å². The fourth-order valence-electron chi connectivity index (χ4n) is 2.45. The maximum absolute atomic E-state index is 6.22. The number of aromatic nitrogens is 1. The highest BCUT2D eigenvalue weighted by molar-refractivity contribution is 9.10. The summed E-state index contributed by atoms with van der Waals surface area (Å²) >= 11 is 9.70. The highest BCUT2D eigenvalue weighted by Gasteiger charge is 2.09. The molecule has 2 aromatic carbocycles. The Morgan fingerprint density at radius 3 is 2.62 bits per heavy atom. The van der Waals surface area contributed by atoms with Crippen LogP contribution in [-0.4, -0.2) is 18.2 Å². The summed E-state index contributed by atoms with van der Waals surface area (Å²) in [5, 5.41) is 1.65. The summed E-state index contributed by atoms with van der Waals surface area (Å²) < 4.78 is 12.5. The molecule has 0 aliphatic rings. The summed E-state index contributed by atoms with van der Waals surface area (Å²) in [5.41, 5.74) is 2.91. The van der Waals surface area contributed by atoms with Crippen LogP contribution >= 0.6 is 27.5 Å². The average molecular weight is 407 g/mol. The molecule has 5 heteroatoms. The molecule has 0 saturated heterocycles. The number of hydrogen-bond donors (Lipinski definition) is 0. The fraction of sp³-hybridized carbons (Fsp3) is 0.211. The molecule has 1 aromatic heterocycles. The van der Waals surface area contributed by atoms with Gasteiger partial charge in [0, 0.05) is 11.1 Å². The molecule has 0 bridgehead atoms. The van der Waals surface area contributed by atoms with E-state index in [1.807, 2.05) is 56.3 Å². The third-order valence-electron chi connectivity index (χ3n) is 3.55. The Bertz CT molecular complexity index is 859. The minimum atomic E-state index is 0.392. The number of hydrogen-bond acceptors (Lipinski definition) is 3. The second-order valence-electron chi connectivity index (χ2n) is 5.54. The molecule has 3 rings (SSSR count). The SMILES string of the molecule is Cc1cc(Cl)c(OCCOc2cccc3ccc(C)nc23)c(Br)c1. The van der Waals surface area contributed by atoms with E-state index < -0.39 is 0 Å². The number of para-hydroxylation sites is 1. The van der Waals surface area contributed by atoms with Crippen molar-refractivity contribution in [3.63, 3.8) is 0 Å². The molecule has 0 fully saturated rings. The number of ether oxygens (including phenoxy) is 2. The zero-order valence-electron chi connectivity index (χ0n) is 13.5. The van der Waals surface area contributed by atoms with Gasteiger partial charge in [-0.1, -0.05) is 29.8 Å². The van der Waals surface area contributed by atoms with Crippen LogP contribution in [0.1, 0.15) is 11.3 Å². The number of rotatable bonds is 5. The Balaban J connectivity index is 1.67. The zero-order valence-corrected chi connectivity index (χ0v) is 15.8. The molecule has 124 valence electrons. The first kappa shape index (κ1) is 17.1. The van der Waals surface area contributed by atoms with Gasteiger partial charge in [0.05, 0.1) is 9.50 Å². The molecule has 3 nitrogen and oxygen atoms in total. The Morgan fingerprint density at radius 2 is 1.83 bits per heavy atom. The molecule has 0 spiro atoms. The summed E-state index contributed by atoms with van der Waals surface area (Å²) in [4.78, 5) is 4.56. The minimum Gasteiger partial charge on any atom is -0.488 e. The number of benzene rings is 2. The summed E-state index contributed by atoms with van der Waals surface area (Å²) in [6.45, 7) is 4.75. The van der Waals surface area contributed by atoms with Crippen LogP contribution in [0.15, 0.2) is 46.9 Å². The number of pyridine rings is 1. The molecule has 0 radical (unpaired) electrons. The fourth-order valence-corrected chi connectivity index (χ4v) is 3.59. The first-order valence-corrected chi connectivity index (χ1v) is 8.79. The summed E-state index contributed by atoms with van der Waals surface area (Å²) in [6.07, 6.45) is 0. The van der Waals surface area contributed by atoms with Crippen LogP contribution in [0.2, 0.25) is 5.02 Å². The van der Waals surface area contributed by atoms with Crippen molar-refractivity contribution in [3.8, 4) is 11.5 Å². The summed E-state index contributed by atoms with van der Waals surface area (Å²) in [6, 6.07) is 13.8. The molecule has 3 aromatic rings. The lowest BCUT2D eigenvalue weighted by Gasteiger charge is -2.12. The Kier molecular flexibility index (Phi) is 5.27. The van der Waals surface area contributed by atoms with Crippen LogP contribution in [0.4, 0.5) is 0 Å². The molecular formula is C19H17BrClNO2. The van der Waals surface area contributed by atoms with Crippen molar-refractivity contribution in [2.75, 3.05) is 13.2 Å². The maximum atomic E-state index is 6.22. The standard InChI is InChI=1S/C19H17BrClNO2/c1-12-10-15(20)19(16(21)11-12)24-9-8-23-17-5-3-4-14-7-6-13(2)22-18(14)17/h3-7,10-11H,8-9H2,1-2H3. The van der Waals surface area contributed by atoms with Gasteiger partial charge < -0.3 is 9.47 Å². The van der Waals surface area contributed by atoms with Crippen molar-refractivity contribution in [2.45, 2.75) is 13.8 Å². The van der Waals surface area contributed by atoms with Gasteiger partial charge in [-0.05, 0) is 59.6 Å². The monoisotopic (exact) mass is 405 g/mol. The number of halogens is 2. The lowest BCUT2D eigenvalue weighted by atomic mass is 10.2. The van der Waals surface area contributed by atoms with Crippen molar-refractivity contribution < 1.29 is 9.47 Å². The zero-order chi connectivity index (χ0) is 17.1. The largest absolute Gasteiger partial charge is 0.488 e. The first-order valence-electron chi connectivity index (χ1n) is 7.62. The summed E-state index contributed by atoms with van der Waals surface area (Å²) in [7, 11) is 0. The lowest BCUT2D eigenvalue weighted by molar-refractivity contribution is 0.218. The molecular weight excluding hydrogens is 390 g/mol. The van der Waals surface area contributed by atoms with Crippen LogP contribution in [0.5, 0.6) is 11.5 Å². The van der Waals surface area contributed by atoms with Gasteiger partial charge in [0.25, 0.3) is 0 Å². The normalized spacial score (nSPS) is 10.8. The second-order valence-corrected chi connectivity index (χ2v) is 6.80. The molecule has 0 aliphatic heterocycles. The van der Waals surface area contributed by atoms with Crippen LogP contribution in [0, 0.1) is 13.8 Å². The highest BCUT2D eigenvalue weighted by Crippen LogP contribution is 2.34. The minimum absolute atomic E-state index is 0.392. The molecule has 24 heavy (non-hydrogen) atoms. The Labute approximate surface area is 154 Å².